The summed E-state index contributed by atoms with van der Waals surface area (Å²) in [6, 6.07) is 3.23. The van der Waals surface area contributed by atoms with Crippen molar-refractivity contribution in [1.29, 1.82) is 0 Å². The lowest BCUT2D eigenvalue weighted by atomic mass is 10.1. The third kappa shape index (κ3) is 2.82. The molecule has 0 aliphatic rings. The minimum Gasteiger partial charge on any atom is -0.384 e. The summed E-state index contributed by atoms with van der Waals surface area (Å²) in [4.78, 5) is 16.9. The summed E-state index contributed by atoms with van der Waals surface area (Å²) in [5, 5.41) is 7.96. The molecular formula is C20H21FN6O2. The third-order valence-electron chi connectivity index (χ3n) is 5.23. The Labute approximate surface area is 165 Å². The van der Waals surface area contributed by atoms with E-state index in [4.69, 9.17) is 21.2 Å². The van der Waals surface area contributed by atoms with Crippen LogP contribution < -0.4 is 11.5 Å². The summed E-state index contributed by atoms with van der Waals surface area (Å²) >= 11 is 0. The molecule has 4 rings (SSSR count). The van der Waals surface area contributed by atoms with E-state index in [0.29, 0.717) is 46.2 Å². The predicted octanol–water partition coefficient (Wildman–Crippen LogP) is 2.53. The molecule has 3 heterocycles. The molecule has 5 N–H and O–H groups in total. The first-order valence-corrected chi connectivity index (χ1v) is 9.06. The average molecular weight is 396 g/mol. The molecule has 1 aromatic carbocycles. The molecule has 1 amide bonds. The van der Waals surface area contributed by atoms with Crippen molar-refractivity contribution in [2.24, 2.45) is 5.73 Å². The number of ether oxygens (including phenoxy) is 1. The van der Waals surface area contributed by atoms with Gasteiger partial charge in [-0.25, -0.2) is 9.37 Å². The number of nitrogen functional groups attached to an aromatic ring is 1. The number of nitrogens with zero attached hydrogens (tertiary/aromatic N) is 3. The first kappa shape index (κ1) is 18.9. The second-order valence-corrected chi connectivity index (χ2v) is 6.97. The molecule has 0 unspecified atom stereocenters. The number of nitrogens with two attached hydrogens (primary N) is 2. The fraction of sp³-hybridized carbons (Fsp3) is 0.250. The number of carbonyl (C=O) groups excluding carboxylic acids is 1. The molecule has 150 valence electrons. The highest BCUT2D eigenvalue weighted by Crippen LogP contribution is 2.36. The number of benzene rings is 1. The van der Waals surface area contributed by atoms with E-state index in [0.717, 1.165) is 11.3 Å². The van der Waals surface area contributed by atoms with Gasteiger partial charge in [-0.15, -0.1) is 0 Å². The highest BCUT2D eigenvalue weighted by atomic mass is 19.1. The number of fused-ring (bicyclic) bond motifs is 2. The van der Waals surface area contributed by atoms with Gasteiger partial charge in [0.15, 0.2) is 0 Å². The molecule has 0 spiro atoms. The number of aromatic nitrogens is 4. The Bertz CT molecular complexity index is 1270. The summed E-state index contributed by atoms with van der Waals surface area (Å²) in [6.07, 6.45) is 2.21. The van der Waals surface area contributed by atoms with E-state index in [9.17, 15) is 9.18 Å². The van der Waals surface area contributed by atoms with Gasteiger partial charge in [0, 0.05) is 29.1 Å². The van der Waals surface area contributed by atoms with Gasteiger partial charge < -0.3 is 16.2 Å². The van der Waals surface area contributed by atoms with Crippen molar-refractivity contribution in [1.82, 2.24) is 19.7 Å². The van der Waals surface area contributed by atoms with E-state index in [1.165, 1.54) is 6.07 Å². The lowest BCUT2D eigenvalue weighted by molar-refractivity contribution is 0.100. The van der Waals surface area contributed by atoms with Crippen molar-refractivity contribution >= 4 is 33.7 Å². The van der Waals surface area contributed by atoms with Crippen LogP contribution >= 0.6 is 0 Å². The standard InChI is InChI=1S/C20H21FN6O2/c1-9-14(21)7-15-13(8-24-26-15)17(9)27-18(22)16(19(23)28)12-6-11(4-5-29-3)10(2)25-20(12)27/h6-8H,4-5,22H2,1-3H3,(H2,23,28)(H,24,26). The van der Waals surface area contributed by atoms with E-state index >= 15 is 0 Å². The van der Waals surface area contributed by atoms with Crippen LogP contribution in [0.4, 0.5) is 10.2 Å². The van der Waals surface area contributed by atoms with Gasteiger partial charge in [-0.1, -0.05) is 0 Å². The number of rotatable bonds is 5. The van der Waals surface area contributed by atoms with Gasteiger partial charge >= 0.3 is 0 Å². The number of methoxy groups -OCH3 is 1. The number of aromatic amines is 1. The number of hydrogen-bond donors (Lipinski definition) is 3. The number of primary amides is 1. The molecule has 4 aromatic rings. The van der Waals surface area contributed by atoms with Crippen LogP contribution in [0.5, 0.6) is 0 Å². The smallest absolute Gasteiger partial charge is 0.253 e. The second kappa shape index (κ2) is 6.85. The van der Waals surface area contributed by atoms with Gasteiger partial charge in [-0.3, -0.25) is 14.5 Å². The maximum Gasteiger partial charge on any atom is 0.253 e. The average Bonchev–Trinajstić information content (AvgIpc) is 3.23. The number of H-pyrrole nitrogens is 1. The van der Waals surface area contributed by atoms with Gasteiger partial charge in [0.2, 0.25) is 0 Å². The predicted molar refractivity (Wildman–Crippen MR) is 109 cm³/mol. The molecule has 0 atom stereocenters. The topological polar surface area (TPSA) is 125 Å². The largest absolute Gasteiger partial charge is 0.384 e. The molecule has 0 radical (unpaired) electrons. The SMILES string of the molecule is COCCc1cc2c(C(N)=O)c(N)n(-c3c(C)c(F)cc4[nH]ncc34)c2nc1C. The van der Waals surface area contributed by atoms with Crippen LogP contribution in [0.1, 0.15) is 27.2 Å². The highest BCUT2D eigenvalue weighted by molar-refractivity contribution is 6.11. The van der Waals surface area contributed by atoms with Crippen LogP contribution in [0, 0.1) is 19.7 Å². The Balaban J connectivity index is 2.13. The number of amides is 1. The molecule has 0 saturated heterocycles. The Kier molecular flexibility index (Phi) is 4.46. The van der Waals surface area contributed by atoms with E-state index in [1.54, 1.807) is 24.8 Å². The summed E-state index contributed by atoms with van der Waals surface area (Å²) in [7, 11) is 1.62. The van der Waals surface area contributed by atoms with Crippen LogP contribution in [0.15, 0.2) is 18.3 Å². The first-order chi connectivity index (χ1) is 13.8. The number of nitrogens with one attached hydrogen (secondary N) is 1. The maximum atomic E-state index is 14.6. The van der Waals surface area contributed by atoms with E-state index in [-0.39, 0.29) is 11.4 Å². The zero-order chi connectivity index (χ0) is 20.9. The maximum absolute atomic E-state index is 14.6. The fourth-order valence-corrected chi connectivity index (χ4v) is 3.74. The van der Waals surface area contributed by atoms with Crippen molar-refractivity contribution in [3.05, 3.63) is 46.5 Å². The summed E-state index contributed by atoms with van der Waals surface area (Å²) in [5.74, 6) is -0.987. The van der Waals surface area contributed by atoms with Crippen molar-refractivity contribution in [3.63, 3.8) is 0 Å². The van der Waals surface area contributed by atoms with Crippen molar-refractivity contribution < 1.29 is 13.9 Å². The normalized spacial score (nSPS) is 11.6. The monoisotopic (exact) mass is 396 g/mol. The van der Waals surface area contributed by atoms with Crippen LogP contribution in [-0.2, 0) is 11.2 Å². The van der Waals surface area contributed by atoms with Crippen LogP contribution in [-0.4, -0.2) is 39.4 Å². The fourth-order valence-electron chi connectivity index (χ4n) is 3.74. The Morgan fingerprint density at radius 3 is 2.76 bits per heavy atom. The molecule has 3 aromatic heterocycles. The lowest BCUT2D eigenvalue weighted by Gasteiger charge is -2.14. The number of anilines is 1. The minimum absolute atomic E-state index is 0.111. The number of pyridine rings is 1. The molecule has 0 fully saturated rings. The van der Waals surface area contributed by atoms with Gasteiger partial charge in [-0.05, 0) is 38.0 Å². The molecule has 9 heteroatoms. The highest BCUT2D eigenvalue weighted by Gasteiger charge is 2.25. The van der Waals surface area contributed by atoms with Gasteiger partial charge in [0.05, 0.1) is 29.6 Å². The molecule has 0 aliphatic carbocycles. The zero-order valence-electron chi connectivity index (χ0n) is 16.3. The number of aryl methyl sites for hydroxylation is 1. The Hall–Kier alpha value is -3.46. The lowest BCUT2D eigenvalue weighted by Crippen LogP contribution is -2.14. The van der Waals surface area contributed by atoms with Gasteiger partial charge in [0.25, 0.3) is 5.91 Å². The van der Waals surface area contributed by atoms with E-state index in [1.807, 2.05) is 13.0 Å². The molecule has 0 bridgehead atoms. The van der Waals surface area contributed by atoms with Crippen molar-refractivity contribution in [2.45, 2.75) is 20.3 Å². The van der Waals surface area contributed by atoms with Gasteiger partial charge in [0.1, 0.15) is 17.3 Å². The van der Waals surface area contributed by atoms with Crippen LogP contribution in [0.2, 0.25) is 0 Å². The summed E-state index contributed by atoms with van der Waals surface area (Å²) in [5.41, 5.74) is 15.6. The quantitative estimate of drug-likeness (QED) is 0.478. The third-order valence-corrected chi connectivity index (χ3v) is 5.23. The van der Waals surface area contributed by atoms with Gasteiger partial charge in [-0.2, -0.15) is 5.10 Å². The Morgan fingerprint density at radius 2 is 2.07 bits per heavy atom. The summed E-state index contributed by atoms with van der Waals surface area (Å²) < 4.78 is 21.4. The molecule has 0 aliphatic heterocycles. The van der Waals surface area contributed by atoms with E-state index < -0.39 is 11.7 Å². The van der Waals surface area contributed by atoms with E-state index in [2.05, 4.69) is 10.2 Å². The molecule has 29 heavy (non-hydrogen) atoms. The first-order valence-electron chi connectivity index (χ1n) is 9.06. The summed E-state index contributed by atoms with van der Waals surface area (Å²) in [6.45, 7) is 4.02. The molecule has 0 saturated carbocycles. The van der Waals surface area contributed by atoms with Crippen LogP contribution in [0.3, 0.4) is 0 Å². The zero-order valence-corrected chi connectivity index (χ0v) is 16.3. The van der Waals surface area contributed by atoms with Crippen molar-refractivity contribution in [3.8, 4) is 5.69 Å². The number of carbonyl (C=O) groups is 1. The minimum atomic E-state index is -0.674. The molecule has 8 nitrogen and oxygen atoms in total. The Morgan fingerprint density at radius 1 is 1.31 bits per heavy atom. The van der Waals surface area contributed by atoms with Crippen LogP contribution in [0.25, 0.3) is 27.6 Å². The second-order valence-electron chi connectivity index (χ2n) is 6.97. The number of halogens is 1. The van der Waals surface area contributed by atoms with Crippen molar-refractivity contribution in [2.75, 3.05) is 19.5 Å². The molecular weight excluding hydrogens is 375 g/mol. The number of hydrogen-bond acceptors (Lipinski definition) is 5.